The third-order valence-corrected chi connectivity index (χ3v) is 1.26. The van der Waals surface area contributed by atoms with E-state index in [0.717, 1.165) is 0 Å². The molecule has 0 aromatic carbocycles. The van der Waals surface area contributed by atoms with Gasteiger partial charge in [-0.1, -0.05) is 0 Å². The lowest BCUT2D eigenvalue weighted by Crippen LogP contribution is -2.28. The van der Waals surface area contributed by atoms with Crippen molar-refractivity contribution >= 4 is 11.9 Å². The number of hydrogen-bond acceptors (Lipinski definition) is 4. The van der Waals surface area contributed by atoms with Crippen LogP contribution in [0.4, 0.5) is 0 Å². The summed E-state index contributed by atoms with van der Waals surface area (Å²) < 4.78 is 0. The van der Waals surface area contributed by atoms with Gasteiger partial charge in [-0.3, -0.25) is 9.59 Å². The van der Waals surface area contributed by atoms with Gasteiger partial charge in [-0.05, 0) is 19.5 Å². The van der Waals surface area contributed by atoms with Crippen LogP contribution >= 0.6 is 0 Å². The van der Waals surface area contributed by atoms with Crippen molar-refractivity contribution in [2.45, 2.75) is 6.42 Å². The van der Waals surface area contributed by atoms with Gasteiger partial charge in [-0.2, -0.15) is 0 Å². The second-order valence-corrected chi connectivity index (χ2v) is 2.49. The van der Waals surface area contributed by atoms with Gasteiger partial charge in [-0.25, -0.2) is 0 Å². The van der Waals surface area contributed by atoms with Crippen LogP contribution in [-0.2, 0) is 9.59 Å². The lowest BCUT2D eigenvalue weighted by Gasteiger charge is -2.02. The van der Waals surface area contributed by atoms with Crippen LogP contribution in [0.15, 0.2) is 0 Å². The fraction of sp³-hybridized carbons (Fsp3) is 0.714. The highest BCUT2D eigenvalue weighted by molar-refractivity contribution is 5.69. The summed E-state index contributed by atoms with van der Waals surface area (Å²) >= 11 is 0. The SMILES string of the molecule is O=C(O)CNCCCNCC(=O)O. The molecular weight excluding hydrogens is 176 g/mol. The van der Waals surface area contributed by atoms with E-state index in [-0.39, 0.29) is 13.1 Å². The normalized spacial score (nSPS) is 9.85. The van der Waals surface area contributed by atoms with Gasteiger partial charge < -0.3 is 20.8 Å². The van der Waals surface area contributed by atoms with E-state index in [1.165, 1.54) is 0 Å². The van der Waals surface area contributed by atoms with Crippen molar-refractivity contribution in [1.29, 1.82) is 0 Å². The molecule has 0 aliphatic carbocycles. The zero-order valence-electron chi connectivity index (χ0n) is 7.25. The number of nitrogens with one attached hydrogen (secondary N) is 2. The molecule has 0 aromatic rings. The summed E-state index contributed by atoms with van der Waals surface area (Å²) in [5.74, 6) is -1.78. The Hall–Kier alpha value is -1.14. The number of hydrogen-bond donors (Lipinski definition) is 4. The van der Waals surface area contributed by atoms with E-state index in [4.69, 9.17) is 10.2 Å². The fourth-order valence-electron chi connectivity index (χ4n) is 0.729. The highest BCUT2D eigenvalue weighted by Gasteiger charge is 1.96. The van der Waals surface area contributed by atoms with E-state index in [1.807, 2.05) is 0 Å². The van der Waals surface area contributed by atoms with Crippen LogP contribution in [-0.4, -0.2) is 48.3 Å². The molecular formula is C7H14N2O4. The van der Waals surface area contributed by atoms with Gasteiger partial charge in [0.15, 0.2) is 0 Å². The smallest absolute Gasteiger partial charge is 0.317 e. The van der Waals surface area contributed by atoms with Crippen LogP contribution in [0, 0.1) is 0 Å². The number of aliphatic carboxylic acids is 2. The maximum atomic E-state index is 10.0. The number of rotatable bonds is 8. The molecule has 0 unspecified atom stereocenters. The van der Waals surface area contributed by atoms with Gasteiger partial charge >= 0.3 is 11.9 Å². The standard InChI is InChI=1S/C7H14N2O4/c10-6(11)4-8-2-1-3-9-5-7(12)13/h8-9H,1-5H2,(H,10,11)(H,12,13). The molecule has 0 rings (SSSR count). The minimum atomic E-state index is -0.890. The number of carbonyl (C=O) groups is 2. The Morgan fingerprint density at radius 3 is 1.62 bits per heavy atom. The second-order valence-electron chi connectivity index (χ2n) is 2.49. The fourth-order valence-corrected chi connectivity index (χ4v) is 0.729. The second kappa shape index (κ2) is 7.51. The minimum absolute atomic E-state index is 0.0566. The highest BCUT2D eigenvalue weighted by Crippen LogP contribution is 1.73. The van der Waals surface area contributed by atoms with Crippen molar-refractivity contribution in [3.05, 3.63) is 0 Å². The minimum Gasteiger partial charge on any atom is -0.480 e. The monoisotopic (exact) mass is 190 g/mol. The third-order valence-electron chi connectivity index (χ3n) is 1.26. The molecule has 0 atom stereocenters. The summed E-state index contributed by atoms with van der Waals surface area (Å²) in [6.45, 7) is 1.02. The Balaban J connectivity index is 3.00. The molecule has 0 spiro atoms. The average molecular weight is 190 g/mol. The van der Waals surface area contributed by atoms with E-state index in [9.17, 15) is 9.59 Å². The quantitative estimate of drug-likeness (QED) is 0.356. The molecule has 13 heavy (non-hydrogen) atoms. The Bertz CT molecular complexity index is 154. The summed E-state index contributed by atoms with van der Waals surface area (Å²) in [5, 5.41) is 21.8. The van der Waals surface area contributed by atoms with E-state index in [1.54, 1.807) is 0 Å². The molecule has 4 N–H and O–H groups in total. The zero-order chi connectivity index (χ0) is 10.1. The van der Waals surface area contributed by atoms with Crippen molar-refractivity contribution in [3.63, 3.8) is 0 Å². The molecule has 0 saturated heterocycles. The Morgan fingerprint density at radius 1 is 0.923 bits per heavy atom. The van der Waals surface area contributed by atoms with Gasteiger partial charge in [0.2, 0.25) is 0 Å². The van der Waals surface area contributed by atoms with Crippen LogP contribution < -0.4 is 10.6 Å². The van der Waals surface area contributed by atoms with E-state index < -0.39 is 11.9 Å². The maximum Gasteiger partial charge on any atom is 0.317 e. The Morgan fingerprint density at radius 2 is 1.31 bits per heavy atom. The van der Waals surface area contributed by atoms with Crippen LogP contribution in [0.3, 0.4) is 0 Å². The molecule has 6 heteroatoms. The van der Waals surface area contributed by atoms with Crippen molar-refractivity contribution in [3.8, 4) is 0 Å². The first-order valence-electron chi connectivity index (χ1n) is 3.98. The molecule has 0 heterocycles. The van der Waals surface area contributed by atoms with Crippen molar-refractivity contribution in [2.24, 2.45) is 0 Å². The number of carboxylic acid groups (broad SMARTS) is 2. The third kappa shape index (κ3) is 10.9. The molecule has 0 aliphatic rings. The molecule has 0 aromatic heterocycles. The topological polar surface area (TPSA) is 98.7 Å². The first kappa shape index (κ1) is 11.9. The first-order valence-corrected chi connectivity index (χ1v) is 3.98. The molecule has 0 aliphatic heterocycles. The molecule has 0 radical (unpaired) electrons. The zero-order valence-corrected chi connectivity index (χ0v) is 7.25. The van der Waals surface area contributed by atoms with Crippen molar-refractivity contribution in [1.82, 2.24) is 10.6 Å². The predicted octanol–water partition coefficient (Wildman–Crippen LogP) is -1.28. The summed E-state index contributed by atoms with van der Waals surface area (Å²) in [6.07, 6.45) is 0.709. The van der Waals surface area contributed by atoms with Crippen LogP contribution in [0.25, 0.3) is 0 Å². The largest absolute Gasteiger partial charge is 0.480 e. The predicted molar refractivity (Wildman–Crippen MR) is 45.6 cm³/mol. The molecule has 76 valence electrons. The lowest BCUT2D eigenvalue weighted by molar-refractivity contribution is -0.136. The number of carboxylic acids is 2. The van der Waals surface area contributed by atoms with Gasteiger partial charge in [0, 0.05) is 0 Å². The first-order chi connectivity index (χ1) is 6.13. The summed E-state index contributed by atoms with van der Waals surface area (Å²) in [6, 6.07) is 0. The Labute approximate surface area is 75.9 Å². The summed E-state index contributed by atoms with van der Waals surface area (Å²) in [7, 11) is 0. The summed E-state index contributed by atoms with van der Waals surface area (Å²) in [5.41, 5.74) is 0. The molecule has 6 nitrogen and oxygen atoms in total. The molecule has 0 bridgehead atoms. The van der Waals surface area contributed by atoms with Crippen LogP contribution in [0.5, 0.6) is 0 Å². The van der Waals surface area contributed by atoms with Crippen molar-refractivity contribution < 1.29 is 19.8 Å². The van der Waals surface area contributed by atoms with Crippen molar-refractivity contribution in [2.75, 3.05) is 26.2 Å². The highest BCUT2D eigenvalue weighted by atomic mass is 16.4. The van der Waals surface area contributed by atoms with Gasteiger partial charge in [0.25, 0.3) is 0 Å². The van der Waals surface area contributed by atoms with E-state index in [0.29, 0.717) is 19.5 Å². The molecule has 0 saturated carbocycles. The average Bonchev–Trinajstić information content (AvgIpc) is 2.01. The van der Waals surface area contributed by atoms with Crippen LogP contribution in [0.2, 0.25) is 0 Å². The van der Waals surface area contributed by atoms with Gasteiger partial charge in [0.05, 0.1) is 13.1 Å². The van der Waals surface area contributed by atoms with E-state index >= 15 is 0 Å². The maximum absolute atomic E-state index is 10.0. The van der Waals surface area contributed by atoms with E-state index in [2.05, 4.69) is 10.6 Å². The van der Waals surface area contributed by atoms with Crippen LogP contribution in [0.1, 0.15) is 6.42 Å². The van der Waals surface area contributed by atoms with Gasteiger partial charge in [-0.15, -0.1) is 0 Å². The molecule has 0 fully saturated rings. The van der Waals surface area contributed by atoms with Gasteiger partial charge in [0.1, 0.15) is 0 Å². The molecule has 0 amide bonds. The summed E-state index contributed by atoms with van der Waals surface area (Å²) in [4.78, 5) is 20.0. The lowest BCUT2D eigenvalue weighted by atomic mass is 10.4. The Kier molecular flexibility index (Phi) is 6.85.